The zero-order chi connectivity index (χ0) is 19.6. The first-order chi connectivity index (χ1) is 11.9. The van der Waals surface area contributed by atoms with Crippen molar-refractivity contribution in [2.24, 2.45) is 0 Å². The van der Waals surface area contributed by atoms with Crippen LogP contribution in [0.15, 0.2) is 30.3 Å². The highest BCUT2D eigenvalue weighted by Crippen LogP contribution is 2.38. The van der Waals surface area contributed by atoms with Crippen LogP contribution in [0.5, 0.6) is 0 Å². The van der Waals surface area contributed by atoms with Gasteiger partial charge < -0.3 is 5.32 Å². The number of hydrogen-bond donors (Lipinski definition) is 1. The molecule has 0 aromatic heterocycles. The Morgan fingerprint density at radius 3 is 2.42 bits per heavy atom. The van der Waals surface area contributed by atoms with Gasteiger partial charge >= 0.3 is 15.6 Å². The van der Waals surface area contributed by atoms with Crippen LogP contribution in [-0.4, -0.2) is 44.3 Å². The van der Waals surface area contributed by atoms with E-state index < -0.39 is 52.4 Å². The number of nitrogens with one attached hydrogen (secondary N) is 1. The maximum absolute atomic E-state index is 14.0. The van der Waals surface area contributed by atoms with Crippen molar-refractivity contribution >= 4 is 15.9 Å². The minimum Gasteiger partial charge on any atom is -0.304 e. The van der Waals surface area contributed by atoms with Crippen molar-refractivity contribution in [1.29, 1.82) is 0 Å². The quantitative estimate of drug-likeness (QED) is 0.344. The van der Waals surface area contributed by atoms with E-state index in [1.807, 2.05) is 0 Å². The van der Waals surface area contributed by atoms with Gasteiger partial charge in [-0.2, -0.15) is 21.6 Å². The molecular formula is C15H16F5NO4S. The predicted octanol–water partition coefficient (Wildman–Crippen LogP) is 2.88. The molecule has 0 radical (unpaired) electrons. The minimum atomic E-state index is -6.20. The average molecular weight is 401 g/mol. The second-order valence-electron chi connectivity index (χ2n) is 5.85. The van der Waals surface area contributed by atoms with Gasteiger partial charge in [-0.25, -0.2) is 8.78 Å². The summed E-state index contributed by atoms with van der Waals surface area (Å²) in [4.78, 5) is 12.0. The molecule has 1 aliphatic rings. The zero-order valence-electron chi connectivity index (χ0n) is 13.3. The summed E-state index contributed by atoms with van der Waals surface area (Å²) in [5.41, 5.74) is -5.53. The van der Waals surface area contributed by atoms with Crippen LogP contribution in [0.4, 0.5) is 22.0 Å². The molecule has 0 unspecified atom stereocenters. The molecule has 26 heavy (non-hydrogen) atoms. The SMILES string of the molecule is O=C(CN[C@@H]1CCCC(F)(F)[C@H]1OS(=O)(=O)C(F)(F)F)c1ccccc1. The van der Waals surface area contributed by atoms with Crippen molar-refractivity contribution in [2.45, 2.75) is 42.8 Å². The number of hydrogen-bond acceptors (Lipinski definition) is 5. The summed E-state index contributed by atoms with van der Waals surface area (Å²) < 4.78 is 91.5. The number of carbonyl (C=O) groups excluding carboxylic acids is 1. The summed E-state index contributed by atoms with van der Waals surface area (Å²) in [5.74, 6) is -4.26. The van der Waals surface area contributed by atoms with Crippen LogP contribution in [0, 0.1) is 0 Å². The minimum absolute atomic E-state index is 0.0594. The van der Waals surface area contributed by atoms with Crippen LogP contribution in [0.1, 0.15) is 29.6 Å². The van der Waals surface area contributed by atoms with Crippen molar-refractivity contribution in [1.82, 2.24) is 5.32 Å². The molecule has 1 saturated carbocycles. The van der Waals surface area contributed by atoms with Crippen molar-refractivity contribution in [3.63, 3.8) is 0 Å². The largest absolute Gasteiger partial charge is 0.523 e. The first-order valence-electron chi connectivity index (χ1n) is 7.63. The van der Waals surface area contributed by atoms with E-state index in [0.29, 0.717) is 0 Å². The number of ketones is 1. The number of rotatable bonds is 6. The lowest BCUT2D eigenvalue weighted by Crippen LogP contribution is -2.56. The van der Waals surface area contributed by atoms with E-state index in [1.54, 1.807) is 18.2 Å². The van der Waals surface area contributed by atoms with Crippen LogP contribution < -0.4 is 5.32 Å². The van der Waals surface area contributed by atoms with E-state index in [1.165, 1.54) is 12.1 Å². The molecule has 2 rings (SSSR count). The normalized spacial score (nSPS) is 23.6. The molecule has 11 heteroatoms. The summed E-state index contributed by atoms with van der Waals surface area (Å²) in [5, 5.41) is 2.41. The van der Waals surface area contributed by atoms with E-state index in [0.717, 1.165) is 0 Å². The molecule has 1 N–H and O–H groups in total. The molecule has 0 spiro atoms. The molecular weight excluding hydrogens is 385 g/mol. The summed E-state index contributed by atoms with van der Waals surface area (Å²) in [6.45, 7) is -0.448. The van der Waals surface area contributed by atoms with Crippen molar-refractivity contribution < 1.29 is 39.3 Å². The van der Waals surface area contributed by atoms with Crippen LogP contribution >= 0.6 is 0 Å². The highest BCUT2D eigenvalue weighted by atomic mass is 32.2. The van der Waals surface area contributed by atoms with Gasteiger partial charge in [-0.15, -0.1) is 0 Å². The lowest BCUT2D eigenvalue weighted by molar-refractivity contribution is -0.138. The highest BCUT2D eigenvalue weighted by molar-refractivity contribution is 7.87. The summed E-state index contributed by atoms with van der Waals surface area (Å²) in [7, 11) is -6.20. The number of benzene rings is 1. The van der Waals surface area contributed by atoms with E-state index in [4.69, 9.17) is 0 Å². The fraction of sp³-hybridized carbons (Fsp3) is 0.533. The molecule has 2 atom stereocenters. The van der Waals surface area contributed by atoms with Crippen LogP contribution in [0.25, 0.3) is 0 Å². The third kappa shape index (κ3) is 4.77. The molecule has 1 aliphatic carbocycles. The lowest BCUT2D eigenvalue weighted by atomic mass is 9.89. The van der Waals surface area contributed by atoms with E-state index in [9.17, 15) is 35.2 Å². The summed E-state index contributed by atoms with van der Waals surface area (Å²) in [6, 6.07) is 6.39. The van der Waals surface area contributed by atoms with Gasteiger partial charge in [0.15, 0.2) is 11.9 Å². The van der Waals surface area contributed by atoms with Crippen molar-refractivity contribution in [3.8, 4) is 0 Å². The molecule has 146 valence electrons. The van der Waals surface area contributed by atoms with Gasteiger partial charge in [0.2, 0.25) is 0 Å². The second-order valence-corrected chi connectivity index (χ2v) is 7.41. The van der Waals surface area contributed by atoms with Gasteiger partial charge in [0.05, 0.1) is 6.54 Å². The number of Topliss-reactive ketones (excluding diaryl/α,β-unsaturated/α-hetero) is 1. The molecule has 5 nitrogen and oxygen atoms in total. The molecule has 0 amide bonds. The molecule has 1 aromatic rings. The Morgan fingerprint density at radius 1 is 1.23 bits per heavy atom. The number of carbonyl (C=O) groups is 1. The molecule has 0 saturated heterocycles. The van der Waals surface area contributed by atoms with Gasteiger partial charge in [0.25, 0.3) is 5.92 Å². The van der Waals surface area contributed by atoms with Crippen molar-refractivity contribution in [3.05, 3.63) is 35.9 Å². The Kier molecular flexibility index (Phi) is 6.03. The lowest BCUT2D eigenvalue weighted by Gasteiger charge is -2.37. The first kappa shape index (κ1) is 20.7. The number of alkyl halides is 5. The van der Waals surface area contributed by atoms with Gasteiger partial charge in [0, 0.05) is 18.0 Å². The van der Waals surface area contributed by atoms with Crippen LogP contribution in [0.2, 0.25) is 0 Å². The summed E-state index contributed by atoms with van der Waals surface area (Å²) in [6.07, 6.45) is -3.48. The third-order valence-electron chi connectivity index (χ3n) is 3.94. The van der Waals surface area contributed by atoms with Crippen molar-refractivity contribution in [2.75, 3.05) is 6.54 Å². The highest BCUT2D eigenvalue weighted by Gasteiger charge is 2.56. The Labute approximate surface area is 146 Å². The maximum Gasteiger partial charge on any atom is 0.523 e. The van der Waals surface area contributed by atoms with E-state index in [2.05, 4.69) is 9.50 Å². The monoisotopic (exact) mass is 401 g/mol. The third-order valence-corrected chi connectivity index (χ3v) is 4.97. The fourth-order valence-corrected chi connectivity index (χ4v) is 3.29. The van der Waals surface area contributed by atoms with Crippen LogP contribution in [-0.2, 0) is 14.3 Å². The predicted molar refractivity (Wildman–Crippen MR) is 81.2 cm³/mol. The topological polar surface area (TPSA) is 72.5 Å². The molecule has 1 aromatic carbocycles. The van der Waals surface area contributed by atoms with Crippen LogP contribution in [0.3, 0.4) is 0 Å². The zero-order valence-corrected chi connectivity index (χ0v) is 14.1. The maximum atomic E-state index is 14.0. The van der Waals surface area contributed by atoms with E-state index in [-0.39, 0.29) is 18.4 Å². The number of halogens is 5. The standard InChI is InChI=1S/C15H16F5NO4S/c16-14(17)8-4-7-11(13(14)25-26(23,24)15(18,19)20)21-9-12(22)10-5-2-1-3-6-10/h1-3,5-6,11,13,21H,4,7-9H2/t11-,13+/m1/s1. The summed E-state index contributed by atoms with van der Waals surface area (Å²) >= 11 is 0. The van der Waals surface area contributed by atoms with Gasteiger partial charge in [0.1, 0.15) is 0 Å². The Bertz CT molecular complexity index is 736. The molecule has 0 bridgehead atoms. The Morgan fingerprint density at radius 2 is 1.85 bits per heavy atom. The van der Waals surface area contributed by atoms with Gasteiger partial charge in [-0.05, 0) is 12.8 Å². The average Bonchev–Trinajstić information content (AvgIpc) is 2.54. The Hall–Kier alpha value is -1.59. The first-order valence-corrected chi connectivity index (χ1v) is 9.04. The Balaban J connectivity index is 2.13. The molecule has 1 fully saturated rings. The fourth-order valence-electron chi connectivity index (χ4n) is 2.63. The van der Waals surface area contributed by atoms with E-state index >= 15 is 0 Å². The molecule has 0 heterocycles. The second kappa shape index (κ2) is 7.57. The van der Waals surface area contributed by atoms with Gasteiger partial charge in [-0.1, -0.05) is 30.3 Å². The van der Waals surface area contributed by atoms with Gasteiger partial charge in [-0.3, -0.25) is 8.98 Å². The molecule has 0 aliphatic heterocycles. The smallest absolute Gasteiger partial charge is 0.304 e.